The molecule has 0 saturated carbocycles. The van der Waals surface area contributed by atoms with E-state index in [2.05, 4.69) is 18.9 Å². The number of benzene rings is 1. The van der Waals surface area contributed by atoms with Crippen LogP contribution in [0.5, 0.6) is 5.75 Å². The highest BCUT2D eigenvalue weighted by Gasteiger charge is 2.33. The van der Waals surface area contributed by atoms with Crippen molar-refractivity contribution in [3.05, 3.63) is 47.3 Å². The number of amides is 1. The van der Waals surface area contributed by atoms with Crippen LogP contribution < -0.4 is 4.74 Å². The van der Waals surface area contributed by atoms with Crippen molar-refractivity contribution in [3.63, 3.8) is 0 Å². The lowest BCUT2D eigenvalue weighted by Gasteiger charge is -2.29. The summed E-state index contributed by atoms with van der Waals surface area (Å²) in [7, 11) is 0. The number of aromatic nitrogens is 2. The molecule has 5 nitrogen and oxygen atoms in total. The molecule has 0 fully saturated rings. The molecule has 0 saturated heterocycles. The van der Waals surface area contributed by atoms with Gasteiger partial charge in [0.1, 0.15) is 17.0 Å². The Morgan fingerprint density at radius 3 is 2.72 bits per heavy atom. The molecule has 2 heterocycles. The van der Waals surface area contributed by atoms with Gasteiger partial charge in [-0.1, -0.05) is 32.0 Å². The molecule has 1 aromatic carbocycles. The van der Waals surface area contributed by atoms with Gasteiger partial charge in [0.05, 0.1) is 12.2 Å². The Balaban J connectivity index is 1.97. The predicted octanol–water partition coefficient (Wildman–Crippen LogP) is 3.84. The second-order valence-electron chi connectivity index (χ2n) is 7.56. The van der Waals surface area contributed by atoms with Crippen molar-refractivity contribution in [2.75, 3.05) is 6.54 Å². The van der Waals surface area contributed by atoms with Crippen LogP contribution in [0.25, 0.3) is 0 Å². The first-order valence-corrected chi connectivity index (χ1v) is 8.94. The number of aryl methyl sites for hydroxylation is 1. The Bertz CT molecular complexity index is 777. The zero-order chi connectivity index (χ0) is 18.2. The number of carbonyl (C=O) groups is 1. The van der Waals surface area contributed by atoms with Crippen LogP contribution in [-0.4, -0.2) is 32.7 Å². The van der Waals surface area contributed by atoms with Gasteiger partial charge in [-0.2, -0.15) is 5.10 Å². The molecule has 0 spiro atoms. The zero-order valence-corrected chi connectivity index (χ0v) is 15.7. The minimum absolute atomic E-state index is 0.00891. The fraction of sp³-hybridized carbons (Fsp3) is 0.500. The van der Waals surface area contributed by atoms with Crippen LogP contribution >= 0.6 is 0 Å². The van der Waals surface area contributed by atoms with E-state index in [-0.39, 0.29) is 5.91 Å². The summed E-state index contributed by atoms with van der Waals surface area (Å²) in [5.41, 5.74) is 2.20. The van der Waals surface area contributed by atoms with Gasteiger partial charge in [-0.3, -0.25) is 9.48 Å². The first kappa shape index (κ1) is 17.5. The fourth-order valence-electron chi connectivity index (χ4n) is 3.22. The molecule has 5 heteroatoms. The number of hydrogen-bond donors (Lipinski definition) is 0. The molecule has 3 rings (SSSR count). The Hall–Kier alpha value is -2.30. The zero-order valence-electron chi connectivity index (χ0n) is 15.7. The van der Waals surface area contributed by atoms with Crippen LogP contribution in [-0.2, 0) is 13.1 Å². The topological polar surface area (TPSA) is 47.4 Å². The van der Waals surface area contributed by atoms with Gasteiger partial charge in [0, 0.05) is 18.7 Å². The van der Waals surface area contributed by atoms with E-state index >= 15 is 0 Å². The molecule has 0 N–H and O–H groups in total. The minimum atomic E-state index is -0.444. The monoisotopic (exact) mass is 341 g/mol. The van der Waals surface area contributed by atoms with Gasteiger partial charge in [0.25, 0.3) is 5.91 Å². The standard InChI is InChI=1S/C20H27N3O2/c1-6-23-17(11-16(21-23)14(2)3)19(24)22-12-15-9-7-8-10-18(15)25-20(4,5)13-22/h7-11,14H,6,12-13H2,1-5H3. The van der Waals surface area contributed by atoms with Crippen LogP contribution in [0.3, 0.4) is 0 Å². The van der Waals surface area contributed by atoms with Crippen molar-refractivity contribution in [2.45, 2.75) is 59.2 Å². The Kier molecular flexibility index (Phi) is 4.58. The third-order valence-corrected chi connectivity index (χ3v) is 4.49. The van der Waals surface area contributed by atoms with E-state index in [9.17, 15) is 4.79 Å². The number of nitrogens with zero attached hydrogens (tertiary/aromatic N) is 3. The van der Waals surface area contributed by atoms with Crippen LogP contribution in [0.15, 0.2) is 30.3 Å². The average Bonchev–Trinajstić information content (AvgIpc) is 2.93. The SMILES string of the molecule is CCn1nc(C(C)C)cc1C(=O)N1Cc2ccccc2OC(C)(C)C1. The number of ether oxygens (including phenoxy) is 1. The highest BCUT2D eigenvalue weighted by atomic mass is 16.5. The van der Waals surface area contributed by atoms with E-state index in [4.69, 9.17) is 4.74 Å². The minimum Gasteiger partial charge on any atom is -0.486 e. The third kappa shape index (κ3) is 3.55. The predicted molar refractivity (Wildman–Crippen MR) is 97.9 cm³/mol. The molecule has 2 aromatic rings. The lowest BCUT2D eigenvalue weighted by atomic mass is 10.1. The number of hydrogen-bond acceptors (Lipinski definition) is 3. The number of carbonyl (C=O) groups excluding carboxylic acids is 1. The Labute approximate surface area is 149 Å². The number of para-hydroxylation sites is 1. The first-order chi connectivity index (χ1) is 11.8. The number of fused-ring (bicyclic) bond motifs is 1. The average molecular weight is 341 g/mol. The smallest absolute Gasteiger partial charge is 0.272 e. The Morgan fingerprint density at radius 2 is 2.04 bits per heavy atom. The van der Waals surface area contributed by atoms with Crippen LogP contribution in [0, 0.1) is 0 Å². The van der Waals surface area contributed by atoms with Crippen molar-refractivity contribution in [1.82, 2.24) is 14.7 Å². The van der Waals surface area contributed by atoms with E-state index in [0.29, 0.717) is 31.2 Å². The molecule has 0 bridgehead atoms. The summed E-state index contributed by atoms with van der Waals surface area (Å²) >= 11 is 0. The molecular weight excluding hydrogens is 314 g/mol. The quantitative estimate of drug-likeness (QED) is 0.852. The van der Waals surface area contributed by atoms with Gasteiger partial charge in [-0.25, -0.2) is 0 Å². The molecule has 0 atom stereocenters. The van der Waals surface area contributed by atoms with Crippen molar-refractivity contribution >= 4 is 5.91 Å². The summed E-state index contributed by atoms with van der Waals surface area (Å²) in [5, 5.41) is 4.59. The normalized spacial score (nSPS) is 16.3. The van der Waals surface area contributed by atoms with Crippen LogP contribution in [0.1, 0.15) is 62.3 Å². The van der Waals surface area contributed by atoms with Crippen molar-refractivity contribution in [2.24, 2.45) is 0 Å². The van der Waals surface area contributed by atoms with Gasteiger partial charge in [0.15, 0.2) is 0 Å². The van der Waals surface area contributed by atoms with Gasteiger partial charge < -0.3 is 9.64 Å². The van der Waals surface area contributed by atoms with Crippen molar-refractivity contribution in [3.8, 4) is 5.75 Å². The van der Waals surface area contributed by atoms with Crippen LogP contribution in [0.2, 0.25) is 0 Å². The molecular formula is C20H27N3O2. The summed E-state index contributed by atoms with van der Waals surface area (Å²) in [6.07, 6.45) is 0. The van der Waals surface area contributed by atoms with Gasteiger partial charge in [-0.05, 0) is 38.8 Å². The van der Waals surface area contributed by atoms with E-state index < -0.39 is 5.60 Å². The molecule has 1 aromatic heterocycles. The maximum absolute atomic E-state index is 13.3. The Morgan fingerprint density at radius 1 is 1.32 bits per heavy atom. The summed E-state index contributed by atoms with van der Waals surface area (Å²) in [5.74, 6) is 1.16. The van der Waals surface area contributed by atoms with Gasteiger partial charge in [-0.15, -0.1) is 0 Å². The summed E-state index contributed by atoms with van der Waals surface area (Å²) < 4.78 is 7.95. The molecule has 134 valence electrons. The molecule has 0 unspecified atom stereocenters. The van der Waals surface area contributed by atoms with E-state index in [1.807, 2.05) is 60.7 Å². The summed E-state index contributed by atoms with van der Waals surface area (Å²) in [6, 6.07) is 9.87. The van der Waals surface area contributed by atoms with Gasteiger partial charge >= 0.3 is 0 Å². The lowest BCUT2D eigenvalue weighted by molar-refractivity contribution is 0.0491. The summed E-state index contributed by atoms with van der Waals surface area (Å²) in [4.78, 5) is 15.1. The maximum atomic E-state index is 13.3. The largest absolute Gasteiger partial charge is 0.486 e. The summed E-state index contributed by atoms with van der Waals surface area (Å²) in [6.45, 7) is 12.0. The van der Waals surface area contributed by atoms with Crippen molar-refractivity contribution < 1.29 is 9.53 Å². The van der Waals surface area contributed by atoms with E-state index in [1.54, 1.807) is 0 Å². The molecule has 0 aliphatic carbocycles. The van der Waals surface area contributed by atoms with Gasteiger partial charge in [0.2, 0.25) is 0 Å². The maximum Gasteiger partial charge on any atom is 0.272 e. The first-order valence-electron chi connectivity index (χ1n) is 8.94. The second kappa shape index (κ2) is 6.54. The molecule has 25 heavy (non-hydrogen) atoms. The molecule has 1 amide bonds. The molecule has 1 aliphatic heterocycles. The highest BCUT2D eigenvalue weighted by Crippen LogP contribution is 2.30. The van der Waals surface area contributed by atoms with Crippen molar-refractivity contribution in [1.29, 1.82) is 0 Å². The fourth-order valence-corrected chi connectivity index (χ4v) is 3.22. The van der Waals surface area contributed by atoms with E-state index in [0.717, 1.165) is 17.0 Å². The second-order valence-corrected chi connectivity index (χ2v) is 7.56. The highest BCUT2D eigenvalue weighted by molar-refractivity contribution is 5.93. The lowest BCUT2D eigenvalue weighted by Crippen LogP contribution is -2.43. The third-order valence-electron chi connectivity index (χ3n) is 4.49. The van der Waals surface area contributed by atoms with Crippen LogP contribution in [0.4, 0.5) is 0 Å². The molecule has 0 radical (unpaired) electrons. The number of rotatable bonds is 3. The molecule has 1 aliphatic rings. The van der Waals surface area contributed by atoms with E-state index in [1.165, 1.54) is 0 Å².